The van der Waals surface area contributed by atoms with Crippen molar-refractivity contribution < 1.29 is 45.5 Å². The van der Waals surface area contributed by atoms with Crippen molar-refractivity contribution in [2.45, 2.75) is 73.4 Å². The molecule has 2 atom stereocenters. The van der Waals surface area contributed by atoms with Crippen molar-refractivity contribution in [3.8, 4) is 11.5 Å². The molecular formula is C37H42O10P2. The number of aliphatic hydroxyl groups excluding tert-OH is 2. The first kappa shape index (κ1) is 35.0. The Morgan fingerprint density at radius 3 is 1.18 bits per heavy atom. The molecule has 4 aromatic carbocycles. The summed E-state index contributed by atoms with van der Waals surface area (Å²) >= 11 is 0. The maximum atomic E-state index is 9.92. The summed E-state index contributed by atoms with van der Waals surface area (Å²) in [5, 5.41) is 23.1. The maximum absolute atomic E-state index is 9.92. The van der Waals surface area contributed by atoms with Crippen molar-refractivity contribution in [3.05, 3.63) is 81.9 Å². The Balaban J connectivity index is 1.36. The van der Waals surface area contributed by atoms with Gasteiger partial charge in [-0.1, -0.05) is 12.1 Å². The minimum Gasteiger partial charge on any atom is -0.497 e. The van der Waals surface area contributed by atoms with Gasteiger partial charge in [-0.15, -0.1) is 0 Å². The SMILES string of the molecule is COc1cc(C)c2op(O[C@H](C)C[C@@H](C)Op3oc4c(C)cc(CO)cc4c4cc(CO)cc(C)c4o3)oc3c(C)cc(OC)cc3c2c1. The molecule has 6 rings (SSSR count). The maximum Gasteiger partial charge on any atom is 0.387 e. The second kappa shape index (κ2) is 14.5. The predicted octanol–water partition coefficient (Wildman–Crippen LogP) is 9.85. The lowest BCUT2D eigenvalue weighted by Gasteiger charge is -2.15. The van der Waals surface area contributed by atoms with E-state index in [0.717, 1.165) is 54.9 Å². The number of methoxy groups -OCH3 is 2. The van der Waals surface area contributed by atoms with Crippen LogP contribution in [0, 0.1) is 27.7 Å². The zero-order valence-corrected chi connectivity index (χ0v) is 30.7. The molecule has 0 unspecified atom stereocenters. The van der Waals surface area contributed by atoms with E-state index in [-0.39, 0.29) is 25.4 Å². The minimum absolute atomic E-state index is 0.113. The topological polar surface area (TPSA) is 130 Å². The third-order valence-corrected chi connectivity index (χ3v) is 10.8. The fraction of sp³-hybridized carbons (Fsp3) is 0.351. The number of fused-ring (bicyclic) bond motifs is 6. The number of hydrogen-bond donors (Lipinski definition) is 2. The third kappa shape index (κ3) is 7.22. The molecule has 0 aliphatic rings. The van der Waals surface area contributed by atoms with Crippen LogP contribution >= 0.6 is 16.5 Å². The molecular weight excluding hydrogens is 666 g/mol. The van der Waals surface area contributed by atoms with Gasteiger partial charge in [0.25, 0.3) is 0 Å². The molecule has 0 fully saturated rings. The highest BCUT2D eigenvalue weighted by molar-refractivity contribution is 7.32. The highest BCUT2D eigenvalue weighted by Gasteiger charge is 2.20. The normalized spacial score (nSPS) is 12.9. The summed E-state index contributed by atoms with van der Waals surface area (Å²) in [6.45, 7) is 11.5. The van der Waals surface area contributed by atoms with Crippen LogP contribution in [0.3, 0.4) is 0 Å². The van der Waals surface area contributed by atoms with E-state index in [1.165, 1.54) is 0 Å². The van der Waals surface area contributed by atoms with Gasteiger partial charge in [-0.3, -0.25) is 9.05 Å². The monoisotopic (exact) mass is 708 g/mol. The molecule has 0 aliphatic heterocycles. The summed E-state index contributed by atoms with van der Waals surface area (Å²) in [5.41, 5.74) is 7.54. The van der Waals surface area contributed by atoms with Crippen molar-refractivity contribution in [1.82, 2.24) is 0 Å². The standard InChI is InChI=1S/C37H42O10P2/c1-20-9-26(18-38)14-30-31-15-27(19-39)10-21(2)35(31)45-48(44-34(20)30)42-24(5)13-25(6)43-49-46-36-22(3)11-28(40-7)16-32(36)33-17-29(41-8)12-23(4)37(33)47-49/h9-12,14-17,24-25,38-39H,13,18-19H2,1-8H3/t24-,25-/m1/s1. The van der Waals surface area contributed by atoms with Gasteiger partial charge in [0.2, 0.25) is 0 Å². The van der Waals surface area contributed by atoms with Crippen LogP contribution in [0.4, 0.5) is 0 Å². The van der Waals surface area contributed by atoms with Crippen molar-refractivity contribution >= 4 is 60.4 Å². The molecule has 10 nitrogen and oxygen atoms in total. The molecule has 260 valence electrons. The lowest BCUT2D eigenvalue weighted by Crippen LogP contribution is -2.21. The smallest absolute Gasteiger partial charge is 0.387 e. The average molecular weight is 709 g/mol. The molecule has 0 spiro atoms. The van der Waals surface area contributed by atoms with E-state index in [1.807, 2.05) is 90.1 Å². The van der Waals surface area contributed by atoms with E-state index in [1.54, 1.807) is 14.2 Å². The molecule has 0 amide bonds. The molecule has 2 heterocycles. The number of aliphatic hydroxyl groups is 2. The van der Waals surface area contributed by atoms with Gasteiger partial charge in [0.05, 0.1) is 39.6 Å². The van der Waals surface area contributed by atoms with E-state index in [0.29, 0.717) is 40.3 Å². The second-order valence-corrected chi connectivity index (χ2v) is 14.5. The number of hydrogen-bond acceptors (Lipinski definition) is 10. The van der Waals surface area contributed by atoms with E-state index in [4.69, 9.17) is 35.3 Å². The zero-order chi connectivity index (χ0) is 35.0. The number of rotatable bonds is 10. The summed E-state index contributed by atoms with van der Waals surface area (Å²) in [7, 11) is -0.445. The number of aryl methyl sites for hydroxylation is 4. The lowest BCUT2D eigenvalue weighted by molar-refractivity contribution is 0.184. The third-order valence-electron chi connectivity index (χ3n) is 8.44. The van der Waals surface area contributed by atoms with Gasteiger partial charge in [0.15, 0.2) is 0 Å². The summed E-state index contributed by atoms with van der Waals surface area (Å²) in [4.78, 5) is 0. The van der Waals surface area contributed by atoms with Gasteiger partial charge in [0.1, 0.15) is 33.8 Å². The minimum atomic E-state index is -1.87. The Hall–Kier alpha value is -3.88. The van der Waals surface area contributed by atoms with Gasteiger partial charge in [-0.25, -0.2) is 0 Å². The fourth-order valence-electron chi connectivity index (χ4n) is 6.15. The molecule has 0 radical (unpaired) electrons. The van der Waals surface area contributed by atoms with Crippen molar-refractivity contribution in [1.29, 1.82) is 0 Å². The second-order valence-electron chi connectivity index (χ2n) is 12.4. The molecule has 2 N–H and O–H groups in total. The summed E-state index contributed by atoms with van der Waals surface area (Å²) in [6.07, 6.45) is -0.170. The molecule has 2 aromatic heterocycles. The first-order valence-electron chi connectivity index (χ1n) is 16.0. The van der Waals surface area contributed by atoms with Gasteiger partial charge in [-0.2, -0.15) is 0 Å². The van der Waals surface area contributed by atoms with Gasteiger partial charge in [0, 0.05) is 28.0 Å². The molecule has 0 saturated carbocycles. The Kier molecular flexibility index (Phi) is 10.4. The average Bonchev–Trinajstić information content (AvgIpc) is 3.33. The van der Waals surface area contributed by atoms with E-state index in [9.17, 15) is 10.2 Å². The first-order valence-corrected chi connectivity index (χ1v) is 18.2. The Morgan fingerprint density at radius 1 is 0.531 bits per heavy atom. The molecule has 12 heteroatoms. The molecule has 6 aromatic rings. The van der Waals surface area contributed by atoms with E-state index >= 15 is 0 Å². The van der Waals surface area contributed by atoms with Gasteiger partial charge >= 0.3 is 16.5 Å². The number of benzene rings is 4. The molecule has 0 aliphatic carbocycles. The lowest BCUT2D eigenvalue weighted by atomic mass is 10.0. The van der Waals surface area contributed by atoms with Crippen LogP contribution in [-0.2, 0) is 13.2 Å². The quantitative estimate of drug-likeness (QED) is 0.142. The largest absolute Gasteiger partial charge is 0.497 e. The highest BCUT2D eigenvalue weighted by Crippen LogP contribution is 2.41. The van der Waals surface area contributed by atoms with E-state index < -0.39 is 16.5 Å². The highest BCUT2D eigenvalue weighted by atomic mass is 31.1. The van der Waals surface area contributed by atoms with Crippen LogP contribution in [0.2, 0.25) is 0 Å². The summed E-state index contributed by atoms with van der Waals surface area (Å²) in [5.74, 6) is 1.42. The van der Waals surface area contributed by atoms with E-state index in [2.05, 4.69) is 0 Å². The fourth-order valence-corrected chi connectivity index (χ4v) is 8.72. The zero-order valence-electron chi connectivity index (χ0n) is 28.9. The predicted molar refractivity (Wildman–Crippen MR) is 193 cm³/mol. The van der Waals surface area contributed by atoms with Crippen LogP contribution in [0.1, 0.15) is 53.6 Å². The van der Waals surface area contributed by atoms with Crippen molar-refractivity contribution in [3.63, 3.8) is 0 Å². The summed E-state index contributed by atoms with van der Waals surface area (Å²) < 4.78 is 49.8. The van der Waals surface area contributed by atoms with Crippen LogP contribution in [-0.4, -0.2) is 36.6 Å². The molecule has 49 heavy (non-hydrogen) atoms. The van der Waals surface area contributed by atoms with Crippen molar-refractivity contribution in [2.24, 2.45) is 0 Å². The Morgan fingerprint density at radius 2 is 0.857 bits per heavy atom. The van der Waals surface area contributed by atoms with Crippen LogP contribution in [0.25, 0.3) is 43.9 Å². The molecule has 0 bridgehead atoms. The van der Waals surface area contributed by atoms with Crippen LogP contribution in [0.5, 0.6) is 11.5 Å². The van der Waals surface area contributed by atoms with Gasteiger partial charge in [-0.05, 0) is 111 Å². The summed E-state index contributed by atoms with van der Waals surface area (Å²) in [6, 6.07) is 15.3. The van der Waals surface area contributed by atoms with Gasteiger partial charge < -0.3 is 36.5 Å². The molecule has 0 saturated heterocycles. The Bertz CT molecular complexity index is 1950. The van der Waals surface area contributed by atoms with Crippen LogP contribution < -0.4 is 18.5 Å². The van der Waals surface area contributed by atoms with Crippen molar-refractivity contribution in [2.75, 3.05) is 14.2 Å². The Labute approximate surface area is 286 Å². The van der Waals surface area contributed by atoms with Crippen LogP contribution in [0.15, 0.2) is 65.3 Å². The number of ether oxygens (including phenoxy) is 2. The first-order chi connectivity index (χ1) is 23.5.